The first kappa shape index (κ1) is 14.8. The van der Waals surface area contributed by atoms with Gasteiger partial charge in [-0.1, -0.05) is 6.92 Å². The van der Waals surface area contributed by atoms with E-state index < -0.39 is 5.54 Å². The molecule has 1 aliphatic carbocycles. The molecule has 0 aromatic rings. The van der Waals surface area contributed by atoms with Crippen LogP contribution in [0.3, 0.4) is 0 Å². The molecule has 1 saturated carbocycles. The molecular formula is C14H28N4O. The summed E-state index contributed by atoms with van der Waals surface area (Å²) in [7, 11) is 2.20. The predicted octanol–water partition coefficient (Wildman–Crippen LogP) is 0.138. The quantitative estimate of drug-likeness (QED) is 0.763. The van der Waals surface area contributed by atoms with Crippen LogP contribution in [0.25, 0.3) is 0 Å². The molecule has 19 heavy (non-hydrogen) atoms. The molecule has 110 valence electrons. The smallest absolute Gasteiger partial charge is 0.237 e. The number of piperazine rings is 1. The van der Waals surface area contributed by atoms with Crippen LogP contribution in [0.15, 0.2) is 0 Å². The summed E-state index contributed by atoms with van der Waals surface area (Å²) in [6.45, 7) is 5.50. The van der Waals surface area contributed by atoms with Gasteiger partial charge in [-0.3, -0.25) is 9.69 Å². The van der Waals surface area contributed by atoms with E-state index in [0.29, 0.717) is 12.1 Å². The SMILES string of the molecule is CCC1CN(C2CCCC(N)(C(N)=O)C2)CCN1C. The lowest BCUT2D eigenvalue weighted by Gasteiger charge is -2.46. The van der Waals surface area contributed by atoms with Crippen molar-refractivity contribution in [3.8, 4) is 0 Å². The van der Waals surface area contributed by atoms with Crippen LogP contribution < -0.4 is 11.5 Å². The molecule has 2 fully saturated rings. The van der Waals surface area contributed by atoms with Gasteiger partial charge in [0.2, 0.25) is 5.91 Å². The van der Waals surface area contributed by atoms with Crippen LogP contribution in [-0.4, -0.2) is 60.0 Å². The zero-order chi connectivity index (χ0) is 14.0. The van der Waals surface area contributed by atoms with E-state index in [1.165, 1.54) is 6.42 Å². The number of hydrogen-bond acceptors (Lipinski definition) is 4. The Kier molecular flexibility index (Phi) is 4.48. The number of nitrogens with two attached hydrogens (primary N) is 2. The number of carbonyl (C=O) groups excluding carboxylic acids is 1. The maximum absolute atomic E-state index is 11.5. The molecule has 3 unspecified atom stereocenters. The molecule has 5 heteroatoms. The Balaban J connectivity index is 2.00. The second-order valence-corrected chi connectivity index (χ2v) is 6.31. The van der Waals surface area contributed by atoms with Gasteiger partial charge in [0.15, 0.2) is 0 Å². The zero-order valence-electron chi connectivity index (χ0n) is 12.3. The molecule has 0 aromatic heterocycles. The summed E-state index contributed by atoms with van der Waals surface area (Å²) in [5.74, 6) is -0.335. The van der Waals surface area contributed by atoms with Crippen molar-refractivity contribution in [1.82, 2.24) is 9.80 Å². The number of hydrogen-bond donors (Lipinski definition) is 2. The maximum atomic E-state index is 11.5. The number of primary amides is 1. The average Bonchev–Trinajstić information content (AvgIpc) is 2.39. The Labute approximate surface area is 116 Å². The Bertz CT molecular complexity index is 335. The number of amides is 1. The third kappa shape index (κ3) is 3.09. The Morgan fingerprint density at radius 1 is 1.42 bits per heavy atom. The zero-order valence-corrected chi connectivity index (χ0v) is 12.3. The van der Waals surface area contributed by atoms with Gasteiger partial charge >= 0.3 is 0 Å². The van der Waals surface area contributed by atoms with Gasteiger partial charge in [0.25, 0.3) is 0 Å². The first-order chi connectivity index (χ1) is 8.96. The van der Waals surface area contributed by atoms with Crippen molar-refractivity contribution in [3.63, 3.8) is 0 Å². The van der Waals surface area contributed by atoms with Crippen LogP contribution in [0.4, 0.5) is 0 Å². The van der Waals surface area contributed by atoms with Crippen LogP contribution >= 0.6 is 0 Å². The van der Waals surface area contributed by atoms with Crippen LogP contribution in [0.2, 0.25) is 0 Å². The van der Waals surface area contributed by atoms with Crippen molar-refractivity contribution in [2.24, 2.45) is 11.5 Å². The lowest BCUT2D eigenvalue weighted by molar-refractivity contribution is -0.125. The highest BCUT2D eigenvalue weighted by molar-refractivity contribution is 5.84. The van der Waals surface area contributed by atoms with Crippen LogP contribution in [0, 0.1) is 0 Å². The molecule has 3 atom stereocenters. The summed E-state index contributed by atoms with van der Waals surface area (Å²) < 4.78 is 0. The minimum atomic E-state index is -0.784. The van der Waals surface area contributed by atoms with E-state index in [1.807, 2.05) is 0 Å². The van der Waals surface area contributed by atoms with Gasteiger partial charge in [-0.25, -0.2) is 0 Å². The van der Waals surface area contributed by atoms with Crippen LogP contribution in [0.5, 0.6) is 0 Å². The third-order valence-corrected chi connectivity index (χ3v) is 5.05. The number of likely N-dealkylation sites (N-methyl/N-ethyl adjacent to an activating group) is 1. The molecule has 1 saturated heterocycles. The fourth-order valence-electron chi connectivity index (χ4n) is 3.56. The second-order valence-electron chi connectivity index (χ2n) is 6.31. The molecular weight excluding hydrogens is 240 g/mol. The minimum absolute atomic E-state index is 0.335. The third-order valence-electron chi connectivity index (χ3n) is 5.05. The number of nitrogens with zero attached hydrogens (tertiary/aromatic N) is 2. The minimum Gasteiger partial charge on any atom is -0.368 e. The monoisotopic (exact) mass is 268 g/mol. The highest BCUT2D eigenvalue weighted by atomic mass is 16.1. The van der Waals surface area contributed by atoms with Crippen molar-refractivity contribution in [2.45, 2.75) is 56.7 Å². The van der Waals surface area contributed by atoms with Crippen molar-refractivity contribution in [1.29, 1.82) is 0 Å². The Hall–Kier alpha value is -0.650. The topological polar surface area (TPSA) is 75.6 Å². The molecule has 0 bridgehead atoms. The van der Waals surface area contributed by atoms with Crippen molar-refractivity contribution in [3.05, 3.63) is 0 Å². The van der Waals surface area contributed by atoms with Gasteiger partial charge < -0.3 is 16.4 Å². The van der Waals surface area contributed by atoms with E-state index in [4.69, 9.17) is 11.5 Å². The van der Waals surface area contributed by atoms with E-state index in [1.54, 1.807) is 0 Å². The maximum Gasteiger partial charge on any atom is 0.237 e. The number of carbonyl (C=O) groups is 1. The molecule has 0 aromatic carbocycles. The molecule has 1 amide bonds. The van der Waals surface area contributed by atoms with E-state index >= 15 is 0 Å². The van der Waals surface area contributed by atoms with E-state index in [2.05, 4.69) is 23.8 Å². The molecule has 0 spiro atoms. The lowest BCUT2D eigenvalue weighted by atomic mass is 9.78. The van der Waals surface area contributed by atoms with Gasteiger partial charge in [-0.05, 0) is 39.2 Å². The summed E-state index contributed by atoms with van der Waals surface area (Å²) in [4.78, 5) is 16.5. The summed E-state index contributed by atoms with van der Waals surface area (Å²) in [5, 5.41) is 0. The van der Waals surface area contributed by atoms with Gasteiger partial charge in [-0.2, -0.15) is 0 Å². The Morgan fingerprint density at radius 3 is 2.79 bits per heavy atom. The average molecular weight is 268 g/mol. The van der Waals surface area contributed by atoms with Gasteiger partial charge in [0.1, 0.15) is 0 Å². The molecule has 2 aliphatic rings. The summed E-state index contributed by atoms with van der Waals surface area (Å²) in [5.41, 5.74) is 10.9. The van der Waals surface area contributed by atoms with E-state index in [0.717, 1.165) is 45.3 Å². The highest BCUT2D eigenvalue weighted by Crippen LogP contribution is 2.30. The lowest BCUT2D eigenvalue weighted by Crippen LogP contribution is -2.61. The van der Waals surface area contributed by atoms with Crippen molar-refractivity contribution in [2.75, 3.05) is 26.7 Å². The number of rotatable bonds is 3. The van der Waals surface area contributed by atoms with Crippen LogP contribution in [-0.2, 0) is 4.79 Å². The standard InChI is InChI=1S/C14H28N4O/c1-3-11-10-18(8-7-17(11)2)12-5-4-6-14(16,9-12)13(15)19/h11-12H,3-10,16H2,1-2H3,(H2,15,19). The molecule has 1 aliphatic heterocycles. The fourth-order valence-corrected chi connectivity index (χ4v) is 3.56. The first-order valence-corrected chi connectivity index (χ1v) is 7.49. The van der Waals surface area contributed by atoms with Gasteiger partial charge in [-0.15, -0.1) is 0 Å². The van der Waals surface area contributed by atoms with Crippen molar-refractivity contribution >= 4 is 5.91 Å². The Morgan fingerprint density at radius 2 is 2.16 bits per heavy atom. The van der Waals surface area contributed by atoms with Gasteiger partial charge in [0.05, 0.1) is 5.54 Å². The predicted molar refractivity (Wildman–Crippen MR) is 76.7 cm³/mol. The normalized spacial score (nSPS) is 38.3. The summed E-state index contributed by atoms with van der Waals surface area (Å²) in [6, 6.07) is 1.05. The van der Waals surface area contributed by atoms with Crippen molar-refractivity contribution < 1.29 is 4.79 Å². The summed E-state index contributed by atoms with van der Waals surface area (Å²) in [6.07, 6.45) is 4.79. The molecule has 4 N–H and O–H groups in total. The van der Waals surface area contributed by atoms with Gasteiger partial charge in [0, 0.05) is 31.7 Å². The largest absolute Gasteiger partial charge is 0.368 e. The molecule has 5 nitrogen and oxygen atoms in total. The fraction of sp³-hybridized carbons (Fsp3) is 0.929. The van der Waals surface area contributed by atoms with Crippen LogP contribution in [0.1, 0.15) is 39.0 Å². The molecule has 2 rings (SSSR count). The highest BCUT2D eigenvalue weighted by Gasteiger charge is 2.40. The van der Waals surface area contributed by atoms with E-state index in [-0.39, 0.29) is 5.91 Å². The molecule has 1 heterocycles. The van der Waals surface area contributed by atoms with E-state index in [9.17, 15) is 4.79 Å². The second kappa shape index (κ2) is 5.77. The first-order valence-electron chi connectivity index (χ1n) is 7.49. The summed E-state index contributed by atoms with van der Waals surface area (Å²) >= 11 is 0. The molecule has 0 radical (unpaired) electrons.